The van der Waals surface area contributed by atoms with Gasteiger partial charge in [-0.3, -0.25) is 4.98 Å². The lowest BCUT2D eigenvalue weighted by Gasteiger charge is -2.14. The van der Waals surface area contributed by atoms with Crippen LogP contribution in [0.3, 0.4) is 0 Å². The lowest BCUT2D eigenvalue weighted by atomic mass is 10.0. The first-order valence-corrected chi connectivity index (χ1v) is 11.6. The molecule has 0 fully saturated rings. The van der Waals surface area contributed by atoms with Gasteiger partial charge in [-0.2, -0.15) is 13.2 Å². The van der Waals surface area contributed by atoms with Crippen molar-refractivity contribution in [2.45, 2.75) is 16.8 Å². The molecular formula is C23H18F3N3O4S. The number of methoxy groups -OCH3 is 1. The summed E-state index contributed by atoms with van der Waals surface area (Å²) < 4.78 is 73.3. The van der Waals surface area contributed by atoms with Gasteiger partial charge in [0.1, 0.15) is 17.8 Å². The van der Waals surface area contributed by atoms with Gasteiger partial charge in [-0.25, -0.2) is 18.4 Å². The Bertz CT molecular complexity index is 1430. The SMILES string of the molecule is COc1cc(OCC(F)(F)F)ccc1-c1nccc2cc(S(=O)(=O)Cc3ccncn3)ccc12. The Morgan fingerprint density at radius 1 is 0.971 bits per heavy atom. The van der Waals surface area contributed by atoms with E-state index >= 15 is 0 Å². The Hall–Kier alpha value is -3.73. The van der Waals surface area contributed by atoms with Crippen LogP contribution < -0.4 is 9.47 Å². The van der Waals surface area contributed by atoms with Crippen LogP contribution in [0.25, 0.3) is 22.0 Å². The van der Waals surface area contributed by atoms with E-state index < -0.39 is 22.6 Å². The van der Waals surface area contributed by atoms with Gasteiger partial charge < -0.3 is 9.47 Å². The normalized spacial score (nSPS) is 12.0. The maximum Gasteiger partial charge on any atom is 0.422 e. The zero-order valence-electron chi connectivity index (χ0n) is 17.8. The predicted molar refractivity (Wildman–Crippen MR) is 118 cm³/mol. The first-order valence-electron chi connectivity index (χ1n) is 9.91. The largest absolute Gasteiger partial charge is 0.496 e. The molecule has 176 valence electrons. The Labute approximate surface area is 193 Å². The van der Waals surface area contributed by atoms with Gasteiger partial charge in [-0.05, 0) is 41.8 Å². The highest BCUT2D eigenvalue weighted by Gasteiger charge is 2.28. The lowest BCUT2D eigenvalue weighted by Crippen LogP contribution is -2.19. The highest BCUT2D eigenvalue weighted by molar-refractivity contribution is 7.90. The van der Waals surface area contributed by atoms with E-state index in [1.54, 1.807) is 24.3 Å². The minimum Gasteiger partial charge on any atom is -0.496 e. The molecule has 4 rings (SSSR count). The summed E-state index contributed by atoms with van der Waals surface area (Å²) in [6.07, 6.45) is -0.181. The second-order valence-corrected chi connectivity index (χ2v) is 9.26. The molecule has 0 atom stereocenters. The van der Waals surface area contributed by atoms with E-state index in [-0.39, 0.29) is 22.1 Å². The molecule has 2 heterocycles. The molecular weight excluding hydrogens is 471 g/mol. The fraction of sp³-hybridized carbons (Fsp3) is 0.174. The molecule has 34 heavy (non-hydrogen) atoms. The molecule has 4 aromatic rings. The number of pyridine rings is 1. The standard InChI is InChI=1S/C23H18F3N3O4S/c1-32-21-11-17(33-13-23(24,25)26)2-4-20(21)22-19-5-3-18(10-15(19)6-9-28-22)34(30,31)12-16-7-8-27-14-29-16/h2-11,14H,12-13H2,1H3. The van der Waals surface area contributed by atoms with Gasteiger partial charge in [0.15, 0.2) is 16.4 Å². The topological polar surface area (TPSA) is 91.3 Å². The van der Waals surface area contributed by atoms with Gasteiger partial charge in [0.2, 0.25) is 0 Å². The highest BCUT2D eigenvalue weighted by atomic mass is 32.2. The number of fused-ring (bicyclic) bond motifs is 1. The first-order chi connectivity index (χ1) is 16.2. The van der Waals surface area contributed by atoms with Crippen molar-refractivity contribution in [2.24, 2.45) is 0 Å². The molecule has 0 saturated carbocycles. The summed E-state index contributed by atoms with van der Waals surface area (Å²) in [6, 6.07) is 12.2. The molecule has 0 N–H and O–H groups in total. The molecule has 0 bridgehead atoms. The maximum absolute atomic E-state index is 12.9. The van der Waals surface area contributed by atoms with Gasteiger partial charge >= 0.3 is 6.18 Å². The van der Waals surface area contributed by atoms with Crippen molar-refractivity contribution in [3.8, 4) is 22.8 Å². The molecule has 0 saturated heterocycles. The van der Waals surface area contributed by atoms with Crippen LogP contribution in [0.4, 0.5) is 13.2 Å². The van der Waals surface area contributed by atoms with Crippen molar-refractivity contribution in [1.29, 1.82) is 0 Å². The fourth-order valence-electron chi connectivity index (χ4n) is 3.37. The number of rotatable bonds is 7. The van der Waals surface area contributed by atoms with Crippen LogP contribution in [0.5, 0.6) is 11.5 Å². The number of halogens is 3. The predicted octanol–water partition coefficient (Wildman–Crippen LogP) is 4.62. The van der Waals surface area contributed by atoms with Crippen LogP contribution in [0.1, 0.15) is 5.69 Å². The van der Waals surface area contributed by atoms with E-state index in [1.165, 1.54) is 50.1 Å². The first kappa shape index (κ1) is 23.4. The van der Waals surface area contributed by atoms with Crippen LogP contribution in [0.2, 0.25) is 0 Å². The Morgan fingerprint density at radius 2 is 1.79 bits per heavy atom. The summed E-state index contributed by atoms with van der Waals surface area (Å²) in [5.41, 5.74) is 1.38. The molecule has 7 nitrogen and oxygen atoms in total. The zero-order valence-corrected chi connectivity index (χ0v) is 18.6. The van der Waals surface area contributed by atoms with Crippen LogP contribution >= 0.6 is 0 Å². The average molecular weight is 489 g/mol. The minimum atomic E-state index is -4.46. The van der Waals surface area contributed by atoms with E-state index in [4.69, 9.17) is 9.47 Å². The van der Waals surface area contributed by atoms with Crippen molar-refractivity contribution in [3.63, 3.8) is 0 Å². The highest BCUT2D eigenvalue weighted by Crippen LogP contribution is 2.37. The molecule has 0 radical (unpaired) electrons. The summed E-state index contributed by atoms with van der Waals surface area (Å²) >= 11 is 0. The zero-order chi connectivity index (χ0) is 24.3. The molecule has 0 amide bonds. The van der Waals surface area contributed by atoms with Crippen molar-refractivity contribution in [1.82, 2.24) is 15.0 Å². The molecule has 2 aromatic carbocycles. The molecule has 0 unspecified atom stereocenters. The molecule has 0 aliphatic carbocycles. The Kier molecular flexibility index (Phi) is 6.38. The van der Waals surface area contributed by atoms with E-state index in [9.17, 15) is 21.6 Å². The Balaban J connectivity index is 1.70. The number of hydrogen-bond donors (Lipinski definition) is 0. The van der Waals surface area contributed by atoms with Gasteiger partial charge in [0.05, 0.1) is 29.1 Å². The molecule has 0 spiro atoms. The molecule has 0 aliphatic heterocycles. The summed E-state index contributed by atoms with van der Waals surface area (Å²) in [5, 5.41) is 1.26. The third kappa shape index (κ3) is 5.25. The number of benzene rings is 2. The number of ether oxygens (including phenoxy) is 2. The van der Waals surface area contributed by atoms with Crippen molar-refractivity contribution in [3.05, 3.63) is 72.9 Å². The number of sulfone groups is 1. The fourth-order valence-corrected chi connectivity index (χ4v) is 4.68. The van der Waals surface area contributed by atoms with Crippen molar-refractivity contribution in [2.75, 3.05) is 13.7 Å². The van der Waals surface area contributed by atoms with Crippen LogP contribution in [0.15, 0.2) is 72.1 Å². The number of aromatic nitrogens is 3. The van der Waals surface area contributed by atoms with Crippen LogP contribution in [-0.4, -0.2) is 43.3 Å². The summed E-state index contributed by atoms with van der Waals surface area (Å²) in [7, 11) is -2.28. The quantitative estimate of drug-likeness (QED) is 0.374. The molecule has 2 aromatic heterocycles. The van der Waals surface area contributed by atoms with E-state index in [1.807, 2.05) is 0 Å². The number of nitrogens with zero attached hydrogens (tertiary/aromatic N) is 3. The third-order valence-electron chi connectivity index (χ3n) is 4.91. The van der Waals surface area contributed by atoms with Gasteiger partial charge in [-0.15, -0.1) is 0 Å². The van der Waals surface area contributed by atoms with Crippen molar-refractivity contribution < 1.29 is 31.1 Å². The summed E-state index contributed by atoms with van der Waals surface area (Å²) in [4.78, 5) is 12.3. The lowest BCUT2D eigenvalue weighted by molar-refractivity contribution is -0.153. The van der Waals surface area contributed by atoms with E-state index in [2.05, 4.69) is 15.0 Å². The van der Waals surface area contributed by atoms with Gasteiger partial charge in [0.25, 0.3) is 0 Å². The second kappa shape index (κ2) is 9.26. The summed E-state index contributed by atoms with van der Waals surface area (Å²) in [6.45, 7) is -1.42. The molecule has 0 aliphatic rings. The number of hydrogen-bond acceptors (Lipinski definition) is 7. The minimum absolute atomic E-state index is 0.00346. The third-order valence-corrected chi connectivity index (χ3v) is 6.55. The van der Waals surface area contributed by atoms with Crippen LogP contribution in [0, 0.1) is 0 Å². The maximum atomic E-state index is 12.9. The van der Waals surface area contributed by atoms with E-state index in [0.717, 1.165) is 0 Å². The van der Waals surface area contributed by atoms with E-state index in [0.29, 0.717) is 27.7 Å². The Morgan fingerprint density at radius 3 is 2.50 bits per heavy atom. The number of alkyl halides is 3. The average Bonchev–Trinajstić information content (AvgIpc) is 2.81. The summed E-state index contributed by atoms with van der Waals surface area (Å²) in [5.74, 6) is -0.0111. The van der Waals surface area contributed by atoms with Gasteiger partial charge in [0, 0.05) is 29.4 Å². The smallest absolute Gasteiger partial charge is 0.422 e. The monoisotopic (exact) mass is 489 g/mol. The second-order valence-electron chi connectivity index (χ2n) is 7.27. The molecule has 11 heteroatoms. The van der Waals surface area contributed by atoms with Crippen molar-refractivity contribution >= 4 is 20.6 Å². The van der Waals surface area contributed by atoms with Crippen LogP contribution in [-0.2, 0) is 15.6 Å². The van der Waals surface area contributed by atoms with Gasteiger partial charge in [-0.1, -0.05) is 6.07 Å².